The topological polar surface area (TPSA) is 72.6 Å². The van der Waals surface area contributed by atoms with Crippen LogP contribution in [0.3, 0.4) is 0 Å². The molecule has 0 spiro atoms. The van der Waals surface area contributed by atoms with Gasteiger partial charge in [0.25, 0.3) is 0 Å². The van der Waals surface area contributed by atoms with Crippen molar-refractivity contribution in [3.63, 3.8) is 0 Å². The van der Waals surface area contributed by atoms with Crippen LogP contribution in [0, 0.1) is 19.8 Å². The Morgan fingerprint density at radius 2 is 1.97 bits per heavy atom. The lowest BCUT2D eigenvalue weighted by molar-refractivity contribution is -0.148. The molecule has 2 aromatic heterocycles. The third-order valence-electron chi connectivity index (χ3n) is 6.08. The highest BCUT2D eigenvalue weighted by molar-refractivity contribution is 5.94. The monoisotopic (exact) mass is 429 g/mol. The summed E-state index contributed by atoms with van der Waals surface area (Å²) in [5, 5.41) is 10.1. The molecule has 7 heteroatoms. The average Bonchev–Trinajstić information content (AvgIpc) is 3.24. The van der Waals surface area contributed by atoms with Gasteiger partial charge in [0.2, 0.25) is 5.95 Å². The summed E-state index contributed by atoms with van der Waals surface area (Å²) >= 11 is 0. The van der Waals surface area contributed by atoms with E-state index >= 15 is 0 Å². The predicted octanol–water partition coefficient (Wildman–Crippen LogP) is 4.34. The van der Waals surface area contributed by atoms with Gasteiger partial charge in [0.15, 0.2) is 11.5 Å². The number of piperidine rings is 1. The number of benzene rings is 2. The molecule has 1 aliphatic heterocycles. The number of hydrogen-bond acceptors (Lipinski definition) is 6. The highest BCUT2D eigenvalue weighted by Crippen LogP contribution is 2.31. The first-order valence-corrected chi connectivity index (χ1v) is 11.2. The highest BCUT2D eigenvalue weighted by Gasteiger charge is 2.30. The molecule has 164 valence electrons. The minimum atomic E-state index is -0.159. The second kappa shape index (κ2) is 8.22. The number of fused-ring (bicyclic) bond motifs is 3. The van der Waals surface area contributed by atoms with Crippen LogP contribution in [0.15, 0.2) is 42.5 Å². The van der Waals surface area contributed by atoms with E-state index in [0.717, 1.165) is 64.4 Å². The van der Waals surface area contributed by atoms with Gasteiger partial charge in [-0.2, -0.15) is 0 Å². The number of anilines is 1. The van der Waals surface area contributed by atoms with Crippen molar-refractivity contribution < 1.29 is 9.53 Å². The Bertz CT molecular complexity index is 1310. The van der Waals surface area contributed by atoms with Gasteiger partial charge in [-0.15, -0.1) is 10.2 Å². The van der Waals surface area contributed by atoms with Crippen molar-refractivity contribution in [2.45, 2.75) is 33.6 Å². The van der Waals surface area contributed by atoms with Gasteiger partial charge in [-0.05, 0) is 51.8 Å². The first-order chi connectivity index (χ1) is 15.5. The van der Waals surface area contributed by atoms with Gasteiger partial charge in [0.05, 0.1) is 18.0 Å². The summed E-state index contributed by atoms with van der Waals surface area (Å²) in [7, 11) is 0. The Morgan fingerprint density at radius 3 is 2.78 bits per heavy atom. The van der Waals surface area contributed by atoms with E-state index in [-0.39, 0.29) is 11.9 Å². The second-order valence-corrected chi connectivity index (χ2v) is 8.52. The number of aryl methyl sites for hydroxylation is 2. The lowest BCUT2D eigenvalue weighted by Gasteiger charge is -2.32. The number of nitrogens with zero attached hydrogens (tertiary/aromatic N) is 5. The van der Waals surface area contributed by atoms with Crippen LogP contribution in [0.5, 0.6) is 0 Å². The third-order valence-corrected chi connectivity index (χ3v) is 6.08. The van der Waals surface area contributed by atoms with Crippen LogP contribution in [0.2, 0.25) is 0 Å². The molecule has 0 saturated carbocycles. The Labute approximate surface area is 187 Å². The van der Waals surface area contributed by atoms with Crippen LogP contribution in [-0.2, 0) is 9.53 Å². The van der Waals surface area contributed by atoms with Crippen molar-refractivity contribution in [1.82, 2.24) is 19.6 Å². The predicted molar refractivity (Wildman–Crippen MR) is 125 cm³/mol. The molecule has 0 N–H and O–H groups in total. The van der Waals surface area contributed by atoms with E-state index in [9.17, 15) is 4.79 Å². The molecular formula is C25H27N5O2. The maximum atomic E-state index is 12.5. The Kier molecular flexibility index (Phi) is 5.25. The molecule has 1 fully saturated rings. The first kappa shape index (κ1) is 20.4. The Morgan fingerprint density at radius 1 is 1.12 bits per heavy atom. The van der Waals surface area contributed by atoms with Crippen molar-refractivity contribution in [1.29, 1.82) is 0 Å². The molecular weight excluding hydrogens is 402 g/mol. The Hall–Kier alpha value is -3.48. The lowest BCUT2D eigenvalue weighted by atomic mass is 9.98. The van der Waals surface area contributed by atoms with E-state index in [2.05, 4.69) is 53.2 Å². The quantitative estimate of drug-likeness (QED) is 0.449. The zero-order chi connectivity index (χ0) is 22.2. The van der Waals surface area contributed by atoms with E-state index in [1.165, 1.54) is 0 Å². The van der Waals surface area contributed by atoms with Crippen LogP contribution in [0.1, 0.15) is 30.9 Å². The summed E-state index contributed by atoms with van der Waals surface area (Å²) in [5.41, 5.74) is 4.95. The molecule has 4 aromatic rings. The number of rotatable bonds is 4. The molecule has 1 aliphatic rings. The molecule has 2 aromatic carbocycles. The van der Waals surface area contributed by atoms with Crippen molar-refractivity contribution in [2.75, 3.05) is 24.6 Å². The van der Waals surface area contributed by atoms with E-state index in [0.29, 0.717) is 13.2 Å². The van der Waals surface area contributed by atoms with Crippen LogP contribution >= 0.6 is 0 Å². The van der Waals surface area contributed by atoms with E-state index in [1.54, 1.807) is 0 Å². The fourth-order valence-corrected chi connectivity index (χ4v) is 4.53. The van der Waals surface area contributed by atoms with Crippen molar-refractivity contribution >= 4 is 28.5 Å². The first-order valence-electron chi connectivity index (χ1n) is 11.2. The standard InChI is InChI=1S/C25H27N5O2/c1-4-32-24(31)19-9-6-12-29(15-19)25-26-21-11-10-17(3)14-20(21)23-28-27-22(30(23)25)18-8-5-7-16(2)13-18/h5,7-8,10-11,13-14,19H,4,6,9,12,15H2,1-3H3. The molecule has 1 saturated heterocycles. The summed E-state index contributed by atoms with van der Waals surface area (Å²) < 4.78 is 7.36. The molecule has 0 aliphatic carbocycles. The smallest absolute Gasteiger partial charge is 0.310 e. The Balaban J connectivity index is 1.70. The highest BCUT2D eigenvalue weighted by atomic mass is 16.5. The summed E-state index contributed by atoms with van der Waals surface area (Å²) in [4.78, 5) is 19.7. The van der Waals surface area contributed by atoms with Crippen LogP contribution in [0.4, 0.5) is 5.95 Å². The third kappa shape index (κ3) is 3.57. The van der Waals surface area contributed by atoms with Crippen molar-refractivity contribution in [2.24, 2.45) is 5.92 Å². The number of carbonyl (C=O) groups is 1. The van der Waals surface area contributed by atoms with Gasteiger partial charge in [0.1, 0.15) is 0 Å². The van der Waals surface area contributed by atoms with Crippen molar-refractivity contribution in [3.05, 3.63) is 53.6 Å². The van der Waals surface area contributed by atoms with Crippen LogP contribution in [-0.4, -0.2) is 45.2 Å². The number of esters is 1. The summed E-state index contributed by atoms with van der Waals surface area (Å²) in [6, 6.07) is 14.4. The van der Waals surface area contributed by atoms with Gasteiger partial charge in [-0.25, -0.2) is 9.38 Å². The molecule has 0 radical (unpaired) electrons. The molecule has 0 bridgehead atoms. The largest absolute Gasteiger partial charge is 0.466 e. The fourth-order valence-electron chi connectivity index (χ4n) is 4.53. The van der Waals surface area contributed by atoms with Gasteiger partial charge in [-0.1, -0.05) is 35.4 Å². The summed E-state index contributed by atoms with van der Waals surface area (Å²) in [5.74, 6) is 1.24. The maximum Gasteiger partial charge on any atom is 0.310 e. The molecule has 3 heterocycles. The zero-order valence-corrected chi connectivity index (χ0v) is 18.7. The number of hydrogen-bond donors (Lipinski definition) is 0. The number of ether oxygens (including phenoxy) is 1. The fraction of sp³-hybridized carbons (Fsp3) is 0.360. The minimum Gasteiger partial charge on any atom is -0.466 e. The van der Waals surface area contributed by atoms with E-state index < -0.39 is 0 Å². The molecule has 5 rings (SSSR count). The molecule has 32 heavy (non-hydrogen) atoms. The molecule has 1 atom stereocenters. The van der Waals surface area contributed by atoms with Crippen LogP contribution < -0.4 is 4.90 Å². The number of aromatic nitrogens is 4. The van der Waals surface area contributed by atoms with Gasteiger partial charge in [-0.3, -0.25) is 4.79 Å². The summed E-state index contributed by atoms with van der Waals surface area (Å²) in [6.07, 6.45) is 1.73. The van der Waals surface area contributed by atoms with Gasteiger partial charge < -0.3 is 9.64 Å². The van der Waals surface area contributed by atoms with E-state index in [1.807, 2.05) is 29.5 Å². The molecule has 0 amide bonds. The SMILES string of the molecule is CCOC(=O)C1CCCN(c2nc3ccc(C)cc3c3nnc(-c4cccc(C)c4)n23)C1. The molecule has 7 nitrogen and oxygen atoms in total. The van der Waals surface area contributed by atoms with Crippen molar-refractivity contribution in [3.8, 4) is 11.4 Å². The zero-order valence-electron chi connectivity index (χ0n) is 18.7. The average molecular weight is 430 g/mol. The molecule has 1 unspecified atom stereocenters. The van der Waals surface area contributed by atoms with Gasteiger partial charge in [0, 0.05) is 24.0 Å². The normalized spacial score (nSPS) is 16.6. The van der Waals surface area contributed by atoms with E-state index in [4.69, 9.17) is 9.72 Å². The second-order valence-electron chi connectivity index (χ2n) is 8.52. The number of carbonyl (C=O) groups excluding carboxylic acids is 1. The summed E-state index contributed by atoms with van der Waals surface area (Å²) in [6.45, 7) is 7.77. The van der Waals surface area contributed by atoms with Crippen LogP contribution in [0.25, 0.3) is 27.9 Å². The minimum absolute atomic E-state index is 0.132. The maximum absolute atomic E-state index is 12.5. The van der Waals surface area contributed by atoms with Gasteiger partial charge >= 0.3 is 5.97 Å². The lowest BCUT2D eigenvalue weighted by Crippen LogP contribution is -2.40.